The van der Waals surface area contributed by atoms with Gasteiger partial charge in [0.25, 0.3) is 0 Å². The maximum absolute atomic E-state index is 11.5. The highest BCUT2D eigenvalue weighted by atomic mass is 16.6. The highest BCUT2D eigenvalue weighted by Crippen LogP contribution is 2.08. The summed E-state index contributed by atoms with van der Waals surface area (Å²) in [6.45, 7) is 5.73. The summed E-state index contributed by atoms with van der Waals surface area (Å²) in [5.74, 6) is 0.648. The van der Waals surface area contributed by atoms with Crippen LogP contribution in [0.1, 0.15) is 26.6 Å². The molecule has 0 saturated heterocycles. The smallest absolute Gasteiger partial charge is 0.408 e. The molecule has 2 aromatic rings. The maximum atomic E-state index is 11.5. The third kappa shape index (κ3) is 3.19. The van der Waals surface area contributed by atoms with Crippen LogP contribution in [0.5, 0.6) is 0 Å². The van der Waals surface area contributed by atoms with Crippen molar-refractivity contribution in [3.63, 3.8) is 0 Å². The van der Waals surface area contributed by atoms with Crippen LogP contribution in [0.3, 0.4) is 0 Å². The van der Waals surface area contributed by atoms with E-state index in [0.717, 1.165) is 5.52 Å². The van der Waals surface area contributed by atoms with Gasteiger partial charge < -0.3 is 15.0 Å². The lowest BCUT2D eigenvalue weighted by Gasteiger charge is -2.19. The number of amides is 1. The Labute approximate surface area is 105 Å². The van der Waals surface area contributed by atoms with Crippen LogP contribution in [-0.4, -0.2) is 26.6 Å². The summed E-state index contributed by atoms with van der Waals surface area (Å²) < 4.78 is 5.13. The Bertz CT molecular complexity index is 523. The lowest BCUT2D eigenvalue weighted by molar-refractivity contribution is 0.0522. The number of H-pyrrole nitrogens is 1. The number of carbonyl (C=O) groups excluding carboxylic acids is 1. The second-order valence-electron chi connectivity index (χ2n) is 4.91. The van der Waals surface area contributed by atoms with Gasteiger partial charge in [-0.3, -0.25) is 0 Å². The van der Waals surface area contributed by atoms with Crippen molar-refractivity contribution in [1.82, 2.24) is 20.3 Å². The van der Waals surface area contributed by atoms with Gasteiger partial charge in [0.1, 0.15) is 11.4 Å². The molecule has 0 unspecified atom stereocenters. The van der Waals surface area contributed by atoms with E-state index in [1.165, 1.54) is 0 Å². The molecule has 2 aromatic heterocycles. The highest BCUT2D eigenvalue weighted by Gasteiger charge is 2.16. The number of nitrogens with one attached hydrogen (secondary N) is 2. The fourth-order valence-electron chi connectivity index (χ4n) is 1.45. The van der Waals surface area contributed by atoms with Gasteiger partial charge in [0, 0.05) is 6.20 Å². The number of ether oxygens (including phenoxy) is 1. The van der Waals surface area contributed by atoms with E-state index in [9.17, 15) is 4.79 Å². The summed E-state index contributed by atoms with van der Waals surface area (Å²) in [6, 6.07) is 3.71. The molecule has 0 aliphatic carbocycles. The number of hydrogen-bond donors (Lipinski definition) is 2. The molecule has 6 nitrogen and oxygen atoms in total. The van der Waals surface area contributed by atoms with Gasteiger partial charge in [-0.05, 0) is 32.9 Å². The molecular weight excluding hydrogens is 232 g/mol. The summed E-state index contributed by atoms with van der Waals surface area (Å²) >= 11 is 0. The number of fused-ring (bicyclic) bond motifs is 1. The Morgan fingerprint density at radius 3 is 2.94 bits per heavy atom. The van der Waals surface area contributed by atoms with Crippen LogP contribution in [0.25, 0.3) is 11.2 Å². The average molecular weight is 248 g/mol. The maximum Gasteiger partial charge on any atom is 0.408 e. The predicted octanol–water partition coefficient (Wildman–Crippen LogP) is 1.98. The molecule has 0 radical (unpaired) electrons. The summed E-state index contributed by atoms with van der Waals surface area (Å²) in [5.41, 5.74) is 0.983. The third-order valence-electron chi connectivity index (χ3n) is 2.11. The van der Waals surface area contributed by atoms with E-state index >= 15 is 0 Å². The first-order chi connectivity index (χ1) is 8.44. The molecule has 6 heteroatoms. The number of carbonyl (C=O) groups is 1. The summed E-state index contributed by atoms with van der Waals surface area (Å²) in [5, 5.41) is 2.63. The van der Waals surface area contributed by atoms with E-state index in [1.54, 1.807) is 6.20 Å². The first-order valence-electron chi connectivity index (χ1n) is 5.70. The van der Waals surface area contributed by atoms with E-state index in [1.807, 2.05) is 32.9 Å². The topological polar surface area (TPSA) is 79.9 Å². The predicted molar refractivity (Wildman–Crippen MR) is 67.0 cm³/mol. The first-order valence-corrected chi connectivity index (χ1v) is 5.70. The summed E-state index contributed by atoms with van der Waals surface area (Å²) in [7, 11) is 0. The van der Waals surface area contributed by atoms with Crippen LogP contribution in [0, 0.1) is 0 Å². The normalized spacial score (nSPS) is 11.5. The zero-order chi connectivity index (χ0) is 13.2. The molecule has 1 amide bonds. The Morgan fingerprint density at radius 1 is 1.50 bits per heavy atom. The molecule has 0 aliphatic rings. The number of alkyl carbamates (subject to hydrolysis) is 1. The molecule has 18 heavy (non-hydrogen) atoms. The van der Waals surface area contributed by atoms with Crippen molar-refractivity contribution in [2.45, 2.75) is 32.9 Å². The largest absolute Gasteiger partial charge is 0.444 e. The van der Waals surface area contributed by atoms with Crippen molar-refractivity contribution < 1.29 is 9.53 Å². The number of aromatic nitrogens is 3. The van der Waals surface area contributed by atoms with Crippen LogP contribution in [0.15, 0.2) is 18.3 Å². The minimum atomic E-state index is -0.500. The molecule has 0 saturated carbocycles. The second kappa shape index (κ2) is 4.64. The average Bonchev–Trinajstić information content (AvgIpc) is 2.66. The zero-order valence-electron chi connectivity index (χ0n) is 10.7. The molecule has 0 spiro atoms. The SMILES string of the molecule is CC(C)(C)OC(=O)NCc1nc2ncccc2[nH]1. The number of rotatable bonds is 2. The molecule has 96 valence electrons. The molecule has 0 atom stereocenters. The molecule has 0 bridgehead atoms. The van der Waals surface area contributed by atoms with Gasteiger partial charge in [0.2, 0.25) is 0 Å². The van der Waals surface area contributed by atoms with E-state index in [2.05, 4.69) is 20.3 Å². The number of nitrogens with zero attached hydrogens (tertiary/aromatic N) is 2. The van der Waals surface area contributed by atoms with E-state index in [4.69, 9.17) is 4.74 Å². The van der Waals surface area contributed by atoms with Crippen molar-refractivity contribution in [2.75, 3.05) is 0 Å². The summed E-state index contributed by atoms with van der Waals surface area (Å²) in [6.07, 6.45) is 1.21. The standard InChI is InChI=1S/C12H16N4O2/c1-12(2,3)18-11(17)14-7-9-15-8-5-4-6-13-10(8)16-9/h4-6H,7H2,1-3H3,(H,14,17)(H,13,15,16). The molecule has 0 aromatic carbocycles. The monoisotopic (exact) mass is 248 g/mol. The molecule has 2 rings (SSSR count). The van der Waals surface area contributed by atoms with Gasteiger partial charge in [-0.1, -0.05) is 0 Å². The van der Waals surface area contributed by atoms with Crippen LogP contribution in [0.2, 0.25) is 0 Å². The van der Waals surface area contributed by atoms with Crippen molar-refractivity contribution in [2.24, 2.45) is 0 Å². The van der Waals surface area contributed by atoms with E-state index < -0.39 is 11.7 Å². The van der Waals surface area contributed by atoms with Gasteiger partial charge in [0.05, 0.1) is 12.1 Å². The van der Waals surface area contributed by atoms with Gasteiger partial charge in [0.15, 0.2) is 5.65 Å². The van der Waals surface area contributed by atoms with Crippen LogP contribution < -0.4 is 5.32 Å². The number of hydrogen-bond acceptors (Lipinski definition) is 4. The van der Waals surface area contributed by atoms with Gasteiger partial charge in [-0.2, -0.15) is 0 Å². The number of aromatic amines is 1. The minimum Gasteiger partial charge on any atom is -0.444 e. The van der Waals surface area contributed by atoms with E-state index in [-0.39, 0.29) is 6.54 Å². The molecule has 2 heterocycles. The van der Waals surface area contributed by atoms with Crippen LogP contribution >= 0.6 is 0 Å². The second-order valence-corrected chi connectivity index (χ2v) is 4.91. The highest BCUT2D eigenvalue weighted by molar-refractivity contribution is 5.70. The fourth-order valence-corrected chi connectivity index (χ4v) is 1.45. The van der Waals surface area contributed by atoms with Crippen molar-refractivity contribution >= 4 is 17.3 Å². The van der Waals surface area contributed by atoms with Gasteiger partial charge >= 0.3 is 6.09 Å². The minimum absolute atomic E-state index is 0.283. The lowest BCUT2D eigenvalue weighted by Crippen LogP contribution is -2.32. The lowest BCUT2D eigenvalue weighted by atomic mass is 10.2. The number of imidazole rings is 1. The first kappa shape index (κ1) is 12.3. The third-order valence-corrected chi connectivity index (χ3v) is 2.11. The van der Waals surface area contributed by atoms with Crippen molar-refractivity contribution in [3.8, 4) is 0 Å². The fraction of sp³-hybridized carbons (Fsp3) is 0.417. The molecule has 0 fully saturated rings. The van der Waals surface area contributed by atoms with Crippen molar-refractivity contribution in [1.29, 1.82) is 0 Å². The van der Waals surface area contributed by atoms with Crippen LogP contribution in [-0.2, 0) is 11.3 Å². The van der Waals surface area contributed by atoms with Gasteiger partial charge in [-0.15, -0.1) is 0 Å². The summed E-state index contributed by atoms with van der Waals surface area (Å²) in [4.78, 5) is 22.9. The van der Waals surface area contributed by atoms with E-state index in [0.29, 0.717) is 11.5 Å². The Morgan fingerprint density at radius 2 is 2.28 bits per heavy atom. The Kier molecular flexibility index (Phi) is 3.18. The molecule has 2 N–H and O–H groups in total. The quantitative estimate of drug-likeness (QED) is 0.851. The number of pyridine rings is 1. The Balaban J connectivity index is 1.96. The molecule has 0 aliphatic heterocycles. The van der Waals surface area contributed by atoms with Crippen molar-refractivity contribution in [3.05, 3.63) is 24.2 Å². The van der Waals surface area contributed by atoms with Crippen LogP contribution in [0.4, 0.5) is 4.79 Å². The van der Waals surface area contributed by atoms with Gasteiger partial charge in [-0.25, -0.2) is 14.8 Å². The zero-order valence-corrected chi connectivity index (χ0v) is 10.7. The Hall–Kier alpha value is -2.11. The molecular formula is C12H16N4O2.